The summed E-state index contributed by atoms with van der Waals surface area (Å²) in [6, 6.07) is 0. The Labute approximate surface area is 132 Å². The molecule has 1 amide bonds. The standard InChI is InChI=1S/C13H26N4O4S/c1-15(2)6-5-14-13(18)11-7-10-8-17(9-12(11)21-10)22(19,20)16(3)4/h10-12H,5-9H2,1-4H3,(H,14,18)/t10-,11+,12-/m0/s1. The van der Waals surface area contributed by atoms with Crippen molar-refractivity contribution in [2.24, 2.45) is 5.92 Å². The summed E-state index contributed by atoms with van der Waals surface area (Å²) in [7, 11) is 3.46. The molecule has 2 bridgehead atoms. The smallest absolute Gasteiger partial charge is 0.281 e. The van der Waals surface area contributed by atoms with Gasteiger partial charge in [-0.1, -0.05) is 0 Å². The molecule has 2 aliphatic rings. The van der Waals surface area contributed by atoms with E-state index < -0.39 is 10.2 Å². The Morgan fingerprint density at radius 3 is 2.55 bits per heavy atom. The summed E-state index contributed by atoms with van der Waals surface area (Å²) in [5.41, 5.74) is 0. The number of fused-ring (bicyclic) bond motifs is 2. The second kappa shape index (κ2) is 6.79. The molecule has 3 atom stereocenters. The van der Waals surface area contributed by atoms with Crippen molar-refractivity contribution in [3.8, 4) is 0 Å². The predicted octanol–water partition coefficient (Wildman–Crippen LogP) is -1.44. The summed E-state index contributed by atoms with van der Waals surface area (Å²) in [4.78, 5) is 14.3. The number of amides is 1. The number of carbonyl (C=O) groups excluding carboxylic acids is 1. The number of hydrogen-bond donors (Lipinski definition) is 1. The van der Waals surface area contributed by atoms with E-state index in [-0.39, 0.29) is 30.6 Å². The highest BCUT2D eigenvalue weighted by Gasteiger charge is 2.47. The van der Waals surface area contributed by atoms with Gasteiger partial charge in [-0.25, -0.2) is 0 Å². The highest BCUT2D eigenvalue weighted by Crippen LogP contribution is 2.33. The quantitative estimate of drug-likeness (QED) is 0.643. The highest BCUT2D eigenvalue weighted by molar-refractivity contribution is 7.86. The maximum atomic E-state index is 12.3. The van der Waals surface area contributed by atoms with Crippen molar-refractivity contribution < 1.29 is 17.9 Å². The summed E-state index contributed by atoms with van der Waals surface area (Å²) in [5.74, 6) is -0.312. The lowest BCUT2D eigenvalue weighted by Crippen LogP contribution is -2.51. The lowest BCUT2D eigenvalue weighted by molar-refractivity contribution is -0.127. The van der Waals surface area contributed by atoms with E-state index in [0.29, 0.717) is 19.5 Å². The predicted molar refractivity (Wildman–Crippen MR) is 82.5 cm³/mol. The van der Waals surface area contributed by atoms with Gasteiger partial charge in [0, 0.05) is 40.3 Å². The normalized spacial score (nSPS) is 29.3. The molecule has 8 nitrogen and oxygen atoms in total. The number of nitrogens with zero attached hydrogens (tertiary/aromatic N) is 3. The van der Waals surface area contributed by atoms with Crippen molar-refractivity contribution in [2.75, 3.05) is 54.4 Å². The molecule has 128 valence electrons. The van der Waals surface area contributed by atoms with Crippen LogP contribution in [0.1, 0.15) is 6.42 Å². The lowest BCUT2D eigenvalue weighted by atomic mass is 9.99. The minimum absolute atomic E-state index is 0.0431. The molecule has 2 fully saturated rings. The van der Waals surface area contributed by atoms with E-state index in [0.717, 1.165) is 6.54 Å². The number of ether oxygens (including phenoxy) is 1. The van der Waals surface area contributed by atoms with Gasteiger partial charge in [-0.2, -0.15) is 17.0 Å². The third-order valence-electron chi connectivity index (χ3n) is 4.11. The molecule has 0 saturated carbocycles. The van der Waals surface area contributed by atoms with E-state index in [4.69, 9.17) is 4.74 Å². The van der Waals surface area contributed by atoms with E-state index in [1.165, 1.54) is 22.7 Å². The van der Waals surface area contributed by atoms with Gasteiger partial charge in [0.15, 0.2) is 0 Å². The number of rotatable bonds is 6. The molecule has 0 spiro atoms. The lowest BCUT2D eigenvalue weighted by Gasteiger charge is -2.33. The number of hydrogen-bond acceptors (Lipinski definition) is 5. The van der Waals surface area contributed by atoms with Gasteiger partial charge in [-0.05, 0) is 20.5 Å². The van der Waals surface area contributed by atoms with Crippen LogP contribution in [0.3, 0.4) is 0 Å². The van der Waals surface area contributed by atoms with Crippen molar-refractivity contribution in [3.63, 3.8) is 0 Å². The first-order valence-corrected chi connectivity index (χ1v) is 8.87. The molecular formula is C13H26N4O4S. The second-order valence-electron chi connectivity index (χ2n) is 6.34. The fourth-order valence-corrected chi connectivity index (χ4v) is 4.00. The molecule has 0 unspecified atom stereocenters. The molecule has 9 heteroatoms. The van der Waals surface area contributed by atoms with Crippen molar-refractivity contribution in [3.05, 3.63) is 0 Å². The molecule has 0 aliphatic carbocycles. The topological polar surface area (TPSA) is 82.2 Å². The fraction of sp³-hybridized carbons (Fsp3) is 0.923. The van der Waals surface area contributed by atoms with Gasteiger partial charge in [0.1, 0.15) is 0 Å². The van der Waals surface area contributed by atoms with Crippen LogP contribution in [0.5, 0.6) is 0 Å². The molecule has 0 aromatic heterocycles. The van der Waals surface area contributed by atoms with Crippen molar-refractivity contribution in [1.82, 2.24) is 18.8 Å². The summed E-state index contributed by atoms with van der Waals surface area (Å²) in [6.45, 7) is 1.91. The summed E-state index contributed by atoms with van der Waals surface area (Å²) >= 11 is 0. The number of likely N-dealkylation sites (N-methyl/N-ethyl adjacent to an activating group) is 1. The molecular weight excluding hydrogens is 308 g/mol. The average molecular weight is 334 g/mol. The zero-order valence-corrected chi connectivity index (χ0v) is 14.5. The van der Waals surface area contributed by atoms with Crippen LogP contribution < -0.4 is 5.32 Å². The van der Waals surface area contributed by atoms with Crippen LogP contribution in [0.2, 0.25) is 0 Å². The number of morpholine rings is 1. The van der Waals surface area contributed by atoms with Crippen LogP contribution in [0.4, 0.5) is 0 Å². The van der Waals surface area contributed by atoms with Crippen LogP contribution in [0.25, 0.3) is 0 Å². The minimum atomic E-state index is -3.45. The van der Waals surface area contributed by atoms with E-state index in [9.17, 15) is 13.2 Å². The summed E-state index contributed by atoms with van der Waals surface area (Å²) in [5, 5.41) is 2.91. The van der Waals surface area contributed by atoms with Crippen LogP contribution >= 0.6 is 0 Å². The van der Waals surface area contributed by atoms with Crippen molar-refractivity contribution >= 4 is 16.1 Å². The van der Waals surface area contributed by atoms with Gasteiger partial charge in [0.25, 0.3) is 10.2 Å². The Morgan fingerprint density at radius 1 is 1.27 bits per heavy atom. The molecule has 22 heavy (non-hydrogen) atoms. The molecule has 0 radical (unpaired) electrons. The molecule has 2 rings (SSSR count). The fourth-order valence-electron chi connectivity index (χ4n) is 2.85. The monoisotopic (exact) mass is 334 g/mol. The Hall–Kier alpha value is -0.740. The van der Waals surface area contributed by atoms with Gasteiger partial charge >= 0.3 is 0 Å². The molecule has 2 saturated heterocycles. The molecule has 1 N–H and O–H groups in total. The zero-order chi connectivity index (χ0) is 16.5. The molecule has 2 heterocycles. The first-order valence-electron chi connectivity index (χ1n) is 7.47. The Morgan fingerprint density at radius 2 is 1.95 bits per heavy atom. The number of nitrogens with one attached hydrogen (secondary N) is 1. The maximum absolute atomic E-state index is 12.3. The highest BCUT2D eigenvalue weighted by atomic mass is 32.2. The molecule has 2 aliphatic heterocycles. The Kier molecular flexibility index (Phi) is 5.44. The third kappa shape index (κ3) is 3.77. The summed E-state index contributed by atoms with van der Waals surface area (Å²) in [6.07, 6.45) is 0.0312. The zero-order valence-electron chi connectivity index (χ0n) is 13.7. The van der Waals surface area contributed by atoms with Gasteiger partial charge in [-0.3, -0.25) is 4.79 Å². The SMILES string of the molecule is CN(C)CCNC(=O)[C@@H]1C[C@H]2CN(S(=O)(=O)N(C)C)C[C@@H]1O2. The van der Waals surface area contributed by atoms with Gasteiger partial charge < -0.3 is 15.0 Å². The van der Waals surface area contributed by atoms with Gasteiger partial charge in [0.05, 0.1) is 18.1 Å². The van der Waals surface area contributed by atoms with E-state index in [1.54, 1.807) is 0 Å². The largest absolute Gasteiger partial charge is 0.371 e. The van der Waals surface area contributed by atoms with Crippen LogP contribution in [0.15, 0.2) is 0 Å². The Balaban J connectivity index is 1.95. The van der Waals surface area contributed by atoms with Gasteiger partial charge in [-0.15, -0.1) is 0 Å². The van der Waals surface area contributed by atoms with E-state index in [1.807, 2.05) is 19.0 Å². The average Bonchev–Trinajstić information content (AvgIpc) is 2.72. The second-order valence-corrected chi connectivity index (χ2v) is 8.48. The van der Waals surface area contributed by atoms with Gasteiger partial charge in [0.2, 0.25) is 5.91 Å². The first kappa shape index (κ1) is 17.6. The summed E-state index contributed by atoms with van der Waals surface area (Å²) < 4.78 is 32.8. The minimum Gasteiger partial charge on any atom is -0.371 e. The van der Waals surface area contributed by atoms with Crippen molar-refractivity contribution in [1.29, 1.82) is 0 Å². The van der Waals surface area contributed by atoms with Crippen molar-refractivity contribution in [2.45, 2.75) is 18.6 Å². The molecule has 0 aromatic carbocycles. The number of carbonyl (C=O) groups is 1. The third-order valence-corrected chi connectivity index (χ3v) is 5.98. The van der Waals surface area contributed by atoms with E-state index in [2.05, 4.69) is 5.32 Å². The maximum Gasteiger partial charge on any atom is 0.281 e. The first-order chi connectivity index (χ1) is 10.2. The van der Waals surface area contributed by atoms with E-state index >= 15 is 0 Å². The van der Waals surface area contributed by atoms with Crippen LogP contribution in [-0.4, -0.2) is 94.4 Å². The Bertz CT molecular complexity index is 508. The van der Waals surface area contributed by atoms with Crippen LogP contribution in [0, 0.1) is 5.92 Å². The molecule has 0 aromatic rings. The van der Waals surface area contributed by atoms with Crippen LogP contribution in [-0.2, 0) is 19.7 Å².